The van der Waals surface area contributed by atoms with E-state index in [1.807, 2.05) is 0 Å². The van der Waals surface area contributed by atoms with E-state index in [1.165, 1.54) is 32.1 Å². The fourth-order valence-corrected chi connectivity index (χ4v) is 3.81. The summed E-state index contributed by atoms with van der Waals surface area (Å²) in [7, 11) is 0. The Morgan fingerprint density at radius 3 is 2.68 bits per heavy atom. The third-order valence-corrected chi connectivity index (χ3v) is 4.60. The van der Waals surface area contributed by atoms with Crippen molar-refractivity contribution in [2.45, 2.75) is 63.7 Å². The highest BCUT2D eigenvalue weighted by molar-refractivity contribution is 4.91. The van der Waals surface area contributed by atoms with E-state index in [4.69, 9.17) is 10.5 Å². The molecule has 0 aromatic carbocycles. The van der Waals surface area contributed by atoms with E-state index >= 15 is 0 Å². The maximum atomic E-state index is 9.44. The molecule has 4 nitrogen and oxygen atoms in total. The Hall–Kier alpha value is -0.160. The third-order valence-electron chi connectivity index (χ3n) is 4.60. The SMILES string of the molecule is CC1(C)CN(C2CCCCCC2CN)CC(CO)O1. The normalized spacial score (nSPS) is 36.9. The molecule has 0 radical (unpaired) electrons. The Balaban J connectivity index is 2.08. The van der Waals surface area contributed by atoms with Gasteiger partial charge < -0.3 is 15.6 Å². The van der Waals surface area contributed by atoms with E-state index in [2.05, 4.69) is 18.7 Å². The largest absolute Gasteiger partial charge is 0.394 e. The molecule has 0 aromatic heterocycles. The standard InChI is InChI=1S/C15H30N2O2/c1-15(2)11-17(9-13(10-18)19-15)14-7-5-3-4-6-12(14)8-16/h12-14,18H,3-11,16H2,1-2H3. The Labute approximate surface area is 117 Å². The molecule has 2 fully saturated rings. The number of nitrogens with two attached hydrogens (primary N) is 1. The lowest BCUT2D eigenvalue weighted by atomic mass is 9.91. The van der Waals surface area contributed by atoms with E-state index < -0.39 is 0 Å². The Kier molecular flexibility index (Phi) is 5.23. The van der Waals surface area contributed by atoms with Crippen LogP contribution in [0.5, 0.6) is 0 Å². The molecule has 2 aliphatic rings. The molecule has 1 saturated heterocycles. The van der Waals surface area contributed by atoms with Crippen molar-refractivity contribution in [3.05, 3.63) is 0 Å². The van der Waals surface area contributed by atoms with Crippen LogP contribution in [-0.2, 0) is 4.74 Å². The molecule has 19 heavy (non-hydrogen) atoms. The maximum Gasteiger partial charge on any atom is 0.0940 e. The molecule has 0 bridgehead atoms. The topological polar surface area (TPSA) is 58.7 Å². The molecule has 1 heterocycles. The number of nitrogens with zero attached hydrogens (tertiary/aromatic N) is 1. The number of morpholine rings is 1. The van der Waals surface area contributed by atoms with Crippen LogP contribution in [0, 0.1) is 5.92 Å². The molecule has 3 N–H and O–H groups in total. The number of rotatable bonds is 3. The fourth-order valence-electron chi connectivity index (χ4n) is 3.81. The van der Waals surface area contributed by atoms with Crippen LogP contribution in [-0.4, -0.2) is 54.0 Å². The Bertz CT molecular complexity index is 283. The molecule has 3 unspecified atom stereocenters. The van der Waals surface area contributed by atoms with E-state index in [9.17, 15) is 5.11 Å². The highest BCUT2D eigenvalue weighted by Crippen LogP contribution is 2.31. The highest BCUT2D eigenvalue weighted by atomic mass is 16.5. The summed E-state index contributed by atoms with van der Waals surface area (Å²) in [6.07, 6.45) is 6.41. The van der Waals surface area contributed by atoms with Crippen molar-refractivity contribution in [3.63, 3.8) is 0 Å². The molecule has 1 saturated carbocycles. The summed E-state index contributed by atoms with van der Waals surface area (Å²) in [4.78, 5) is 2.53. The van der Waals surface area contributed by atoms with Gasteiger partial charge in [-0.15, -0.1) is 0 Å². The van der Waals surface area contributed by atoms with Crippen molar-refractivity contribution in [3.8, 4) is 0 Å². The lowest BCUT2D eigenvalue weighted by molar-refractivity contribution is -0.160. The zero-order chi connectivity index (χ0) is 13.9. The van der Waals surface area contributed by atoms with Crippen LogP contribution in [0.1, 0.15) is 46.0 Å². The van der Waals surface area contributed by atoms with Gasteiger partial charge in [0.2, 0.25) is 0 Å². The zero-order valence-corrected chi connectivity index (χ0v) is 12.5. The van der Waals surface area contributed by atoms with E-state index in [0.717, 1.165) is 19.6 Å². The van der Waals surface area contributed by atoms with Crippen LogP contribution in [0.25, 0.3) is 0 Å². The molecule has 112 valence electrons. The summed E-state index contributed by atoms with van der Waals surface area (Å²) in [5.41, 5.74) is 5.83. The molecule has 0 amide bonds. The number of aliphatic hydroxyl groups is 1. The van der Waals surface area contributed by atoms with Crippen molar-refractivity contribution in [2.75, 3.05) is 26.2 Å². The smallest absolute Gasteiger partial charge is 0.0940 e. The molecule has 1 aliphatic carbocycles. The van der Waals surface area contributed by atoms with Crippen LogP contribution in [0.15, 0.2) is 0 Å². The fraction of sp³-hybridized carbons (Fsp3) is 1.00. The lowest BCUT2D eigenvalue weighted by Gasteiger charge is -2.47. The third kappa shape index (κ3) is 3.91. The quantitative estimate of drug-likeness (QED) is 0.760. The molecule has 3 atom stereocenters. The highest BCUT2D eigenvalue weighted by Gasteiger charge is 2.38. The predicted octanol–water partition coefficient (Wildman–Crippen LogP) is 1.37. The first-order valence-electron chi connectivity index (χ1n) is 7.78. The van der Waals surface area contributed by atoms with Gasteiger partial charge in [0.25, 0.3) is 0 Å². The van der Waals surface area contributed by atoms with Gasteiger partial charge in [-0.05, 0) is 39.2 Å². The number of hydrogen-bond donors (Lipinski definition) is 2. The minimum atomic E-state index is -0.170. The minimum absolute atomic E-state index is 0.0505. The van der Waals surface area contributed by atoms with Crippen LogP contribution < -0.4 is 5.73 Å². The molecule has 4 heteroatoms. The van der Waals surface area contributed by atoms with Gasteiger partial charge >= 0.3 is 0 Å². The molecular weight excluding hydrogens is 240 g/mol. The Morgan fingerprint density at radius 1 is 1.26 bits per heavy atom. The average molecular weight is 270 g/mol. The summed E-state index contributed by atoms with van der Waals surface area (Å²) in [6.45, 7) is 6.93. The van der Waals surface area contributed by atoms with Crippen LogP contribution >= 0.6 is 0 Å². The van der Waals surface area contributed by atoms with Crippen LogP contribution in [0.2, 0.25) is 0 Å². The second-order valence-electron chi connectivity index (χ2n) is 6.81. The van der Waals surface area contributed by atoms with E-state index in [0.29, 0.717) is 12.0 Å². The van der Waals surface area contributed by atoms with Gasteiger partial charge in [-0.2, -0.15) is 0 Å². The van der Waals surface area contributed by atoms with Gasteiger partial charge in [0, 0.05) is 19.1 Å². The summed E-state index contributed by atoms with van der Waals surface area (Å²) in [5, 5.41) is 9.44. The van der Waals surface area contributed by atoms with Crippen molar-refractivity contribution >= 4 is 0 Å². The molecule has 0 aromatic rings. The second-order valence-corrected chi connectivity index (χ2v) is 6.81. The number of ether oxygens (including phenoxy) is 1. The first-order valence-corrected chi connectivity index (χ1v) is 7.78. The Morgan fingerprint density at radius 2 is 2.00 bits per heavy atom. The summed E-state index contributed by atoms with van der Waals surface area (Å²) >= 11 is 0. The van der Waals surface area contributed by atoms with Gasteiger partial charge in [0.15, 0.2) is 0 Å². The molecule has 1 aliphatic heterocycles. The average Bonchev–Trinajstić information content (AvgIpc) is 2.61. The summed E-state index contributed by atoms with van der Waals surface area (Å²) in [5.74, 6) is 0.607. The van der Waals surface area contributed by atoms with Crippen LogP contribution in [0.3, 0.4) is 0 Å². The van der Waals surface area contributed by atoms with Gasteiger partial charge in [-0.3, -0.25) is 4.90 Å². The van der Waals surface area contributed by atoms with E-state index in [-0.39, 0.29) is 18.3 Å². The van der Waals surface area contributed by atoms with Gasteiger partial charge in [0.1, 0.15) is 0 Å². The zero-order valence-electron chi connectivity index (χ0n) is 12.5. The van der Waals surface area contributed by atoms with Crippen molar-refractivity contribution in [1.29, 1.82) is 0 Å². The molecule has 0 spiro atoms. The summed E-state index contributed by atoms with van der Waals surface area (Å²) in [6, 6.07) is 0.574. The first kappa shape index (κ1) is 15.2. The van der Waals surface area contributed by atoms with Crippen molar-refractivity contribution < 1.29 is 9.84 Å². The van der Waals surface area contributed by atoms with Gasteiger partial charge in [-0.25, -0.2) is 0 Å². The maximum absolute atomic E-state index is 9.44. The number of aliphatic hydroxyl groups excluding tert-OH is 1. The van der Waals surface area contributed by atoms with E-state index in [1.54, 1.807) is 0 Å². The monoisotopic (exact) mass is 270 g/mol. The minimum Gasteiger partial charge on any atom is -0.394 e. The van der Waals surface area contributed by atoms with Crippen molar-refractivity contribution in [2.24, 2.45) is 11.7 Å². The molecular formula is C15H30N2O2. The number of hydrogen-bond acceptors (Lipinski definition) is 4. The summed E-state index contributed by atoms with van der Waals surface area (Å²) < 4.78 is 5.92. The predicted molar refractivity (Wildman–Crippen MR) is 77.0 cm³/mol. The second kappa shape index (κ2) is 6.53. The van der Waals surface area contributed by atoms with Crippen LogP contribution in [0.4, 0.5) is 0 Å². The van der Waals surface area contributed by atoms with Crippen molar-refractivity contribution in [1.82, 2.24) is 4.90 Å². The van der Waals surface area contributed by atoms with Gasteiger partial charge in [-0.1, -0.05) is 19.3 Å². The molecule has 2 rings (SSSR count). The first-order chi connectivity index (χ1) is 9.05. The lowest BCUT2D eigenvalue weighted by Crippen LogP contribution is -2.58. The van der Waals surface area contributed by atoms with Gasteiger partial charge in [0.05, 0.1) is 18.3 Å².